The predicted molar refractivity (Wildman–Crippen MR) is 66.0 cm³/mol. The normalized spacial score (nSPS) is 20.4. The number of thioether (sulfide) groups is 1. The number of amidine groups is 1. The van der Waals surface area contributed by atoms with E-state index in [1.807, 2.05) is 11.8 Å². The van der Waals surface area contributed by atoms with Crippen molar-refractivity contribution in [2.75, 3.05) is 12.8 Å². The summed E-state index contributed by atoms with van der Waals surface area (Å²) >= 11 is 1.85. The molecule has 0 bridgehead atoms. The van der Waals surface area contributed by atoms with Gasteiger partial charge in [-0.15, -0.1) is 0 Å². The highest BCUT2D eigenvalue weighted by molar-refractivity contribution is 7.99. The summed E-state index contributed by atoms with van der Waals surface area (Å²) < 4.78 is 0.225. The van der Waals surface area contributed by atoms with Gasteiger partial charge in [-0.1, -0.05) is 12.8 Å². The molecule has 1 rings (SSSR count). The molecule has 82 valence electrons. The second-order valence-electron chi connectivity index (χ2n) is 4.69. The van der Waals surface area contributed by atoms with Crippen LogP contribution in [0.3, 0.4) is 0 Å². The van der Waals surface area contributed by atoms with Crippen molar-refractivity contribution < 1.29 is 0 Å². The van der Waals surface area contributed by atoms with Gasteiger partial charge in [-0.25, -0.2) is 0 Å². The summed E-state index contributed by atoms with van der Waals surface area (Å²) in [6, 6.07) is 0. The number of hydrogen-bond acceptors (Lipinski definition) is 2. The molecule has 0 spiro atoms. The third-order valence-corrected chi connectivity index (χ3v) is 4.20. The second-order valence-corrected chi connectivity index (χ2v) is 6.20. The fourth-order valence-electron chi connectivity index (χ4n) is 1.70. The van der Waals surface area contributed by atoms with E-state index in [2.05, 4.69) is 25.1 Å². The molecule has 0 radical (unpaired) electrons. The molecule has 0 unspecified atom stereocenters. The third-order valence-electron chi connectivity index (χ3n) is 2.97. The van der Waals surface area contributed by atoms with E-state index in [1.54, 1.807) is 0 Å². The third kappa shape index (κ3) is 3.52. The molecule has 0 atom stereocenters. The molecule has 0 aliphatic heterocycles. The zero-order valence-electron chi connectivity index (χ0n) is 9.55. The van der Waals surface area contributed by atoms with Crippen LogP contribution in [0, 0.1) is 5.92 Å². The van der Waals surface area contributed by atoms with Crippen molar-refractivity contribution in [2.45, 2.75) is 44.3 Å². The van der Waals surface area contributed by atoms with Crippen LogP contribution in [-0.2, 0) is 0 Å². The average molecular weight is 214 g/mol. The van der Waals surface area contributed by atoms with E-state index in [-0.39, 0.29) is 4.75 Å². The van der Waals surface area contributed by atoms with Crippen LogP contribution in [0.1, 0.15) is 39.5 Å². The monoisotopic (exact) mass is 214 g/mol. The Hall–Kier alpha value is -0.180. The van der Waals surface area contributed by atoms with Crippen LogP contribution in [-0.4, -0.2) is 23.4 Å². The van der Waals surface area contributed by atoms with Crippen LogP contribution < -0.4 is 5.73 Å². The molecule has 0 heterocycles. The molecule has 3 heteroatoms. The quantitative estimate of drug-likeness (QED) is 0.577. The van der Waals surface area contributed by atoms with E-state index in [4.69, 9.17) is 5.73 Å². The molecule has 1 aliphatic rings. The maximum absolute atomic E-state index is 5.98. The summed E-state index contributed by atoms with van der Waals surface area (Å²) in [7, 11) is 0. The van der Waals surface area contributed by atoms with Gasteiger partial charge < -0.3 is 5.73 Å². The van der Waals surface area contributed by atoms with Gasteiger partial charge in [-0.05, 0) is 32.9 Å². The van der Waals surface area contributed by atoms with Gasteiger partial charge in [0.25, 0.3) is 0 Å². The minimum Gasteiger partial charge on any atom is -0.387 e. The standard InChI is InChI=1S/C11H22N2S/c1-11(2,14-3)8-13-10(12)9-6-4-5-7-9/h9H,4-8H2,1-3H3,(H2,12,13). The lowest BCUT2D eigenvalue weighted by atomic mass is 10.1. The van der Waals surface area contributed by atoms with E-state index in [0.717, 1.165) is 12.4 Å². The number of rotatable bonds is 4. The van der Waals surface area contributed by atoms with Crippen LogP contribution in [0.2, 0.25) is 0 Å². The van der Waals surface area contributed by atoms with Crippen molar-refractivity contribution >= 4 is 17.6 Å². The van der Waals surface area contributed by atoms with E-state index in [0.29, 0.717) is 5.92 Å². The van der Waals surface area contributed by atoms with Gasteiger partial charge in [0.2, 0.25) is 0 Å². The topological polar surface area (TPSA) is 38.4 Å². The number of aliphatic imine (C=N–C) groups is 1. The van der Waals surface area contributed by atoms with Crippen molar-refractivity contribution in [1.82, 2.24) is 0 Å². The molecule has 2 nitrogen and oxygen atoms in total. The lowest BCUT2D eigenvalue weighted by Gasteiger charge is -2.20. The van der Waals surface area contributed by atoms with Crippen molar-refractivity contribution in [1.29, 1.82) is 0 Å². The lowest BCUT2D eigenvalue weighted by molar-refractivity contribution is 0.688. The van der Waals surface area contributed by atoms with E-state index in [1.165, 1.54) is 25.7 Å². The van der Waals surface area contributed by atoms with Gasteiger partial charge in [-0.2, -0.15) is 11.8 Å². The largest absolute Gasteiger partial charge is 0.387 e. The summed E-state index contributed by atoms with van der Waals surface area (Å²) in [6.45, 7) is 5.27. The highest BCUT2D eigenvalue weighted by Crippen LogP contribution is 2.26. The average Bonchev–Trinajstić information content (AvgIpc) is 2.67. The van der Waals surface area contributed by atoms with E-state index >= 15 is 0 Å². The maximum atomic E-state index is 5.98. The molecule has 0 saturated heterocycles. The first-order chi connectivity index (χ1) is 6.55. The lowest BCUT2D eigenvalue weighted by Crippen LogP contribution is -2.26. The van der Waals surface area contributed by atoms with Crippen molar-refractivity contribution in [3.05, 3.63) is 0 Å². The molecule has 0 aromatic rings. The molecular weight excluding hydrogens is 192 g/mol. The SMILES string of the molecule is CSC(C)(C)CN=C(N)C1CCCC1. The Bertz CT molecular complexity index is 205. The fraction of sp³-hybridized carbons (Fsp3) is 0.909. The molecule has 1 fully saturated rings. The predicted octanol–water partition coefficient (Wildman–Crippen LogP) is 2.68. The summed E-state index contributed by atoms with van der Waals surface area (Å²) in [6.07, 6.45) is 7.27. The molecule has 0 amide bonds. The zero-order valence-corrected chi connectivity index (χ0v) is 10.4. The Morgan fingerprint density at radius 1 is 1.43 bits per heavy atom. The maximum Gasteiger partial charge on any atom is 0.0969 e. The van der Waals surface area contributed by atoms with Gasteiger partial charge in [0.05, 0.1) is 12.4 Å². The molecule has 14 heavy (non-hydrogen) atoms. The smallest absolute Gasteiger partial charge is 0.0969 e. The summed E-state index contributed by atoms with van der Waals surface area (Å²) in [5.41, 5.74) is 5.98. The first-order valence-electron chi connectivity index (χ1n) is 5.40. The Balaban J connectivity index is 2.43. The Kier molecular flexibility index (Phi) is 4.30. The first-order valence-corrected chi connectivity index (χ1v) is 6.62. The minimum atomic E-state index is 0.225. The van der Waals surface area contributed by atoms with Gasteiger partial charge in [-0.3, -0.25) is 4.99 Å². The fourth-order valence-corrected chi connectivity index (χ4v) is 1.89. The molecule has 0 aromatic carbocycles. The van der Waals surface area contributed by atoms with Gasteiger partial charge >= 0.3 is 0 Å². The zero-order chi connectivity index (χ0) is 10.6. The second kappa shape index (κ2) is 5.06. The van der Waals surface area contributed by atoms with Crippen LogP contribution in [0.15, 0.2) is 4.99 Å². The van der Waals surface area contributed by atoms with E-state index < -0.39 is 0 Å². The van der Waals surface area contributed by atoms with Crippen LogP contribution in [0.5, 0.6) is 0 Å². The summed E-state index contributed by atoms with van der Waals surface area (Å²) in [5.74, 6) is 1.47. The van der Waals surface area contributed by atoms with Crippen LogP contribution in [0.4, 0.5) is 0 Å². The highest BCUT2D eigenvalue weighted by Gasteiger charge is 2.20. The Morgan fingerprint density at radius 3 is 2.50 bits per heavy atom. The molecule has 0 aromatic heterocycles. The van der Waals surface area contributed by atoms with Gasteiger partial charge in [0, 0.05) is 10.7 Å². The molecule has 1 aliphatic carbocycles. The number of hydrogen-bond donors (Lipinski definition) is 1. The number of nitrogens with two attached hydrogens (primary N) is 1. The molecule has 1 saturated carbocycles. The molecule has 2 N–H and O–H groups in total. The van der Waals surface area contributed by atoms with Gasteiger partial charge in [0.15, 0.2) is 0 Å². The van der Waals surface area contributed by atoms with Gasteiger partial charge in [0.1, 0.15) is 0 Å². The first kappa shape index (κ1) is 11.9. The van der Waals surface area contributed by atoms with Crippen molar-refractivity contribution in [3.63, 3.8) is 0 Å². The van der Waals surface area contributed by atoms with Crippen LogP contribution in [0.25, 0.3) is 0 Å². The Morgan fingerprint density at radius 2 is 2.00 bits per heavy atom. The van der Waals surface area contributed by atoms with Crippen LogP contribution >= 0.6 is 11.8 Å². The van der Waals surface area contributed by atoms with E-state index in [9.17, 15) is 0 Å². The summed E-state index contributed by atoms with van der Waals surface area (Å²) in [4.78, 5) is 4.52. The number of nitrogens with zero attached hydrogens (tertiary/aromatic N) is 1. The highest BCUT2D eigenvalue weighted by atomic mass is 32.2. The summed E-state index contributed by atoms with van der Waals surface area (Å²) in [5, 5.41) is 0. The molecular formula is C11H22N2S. The van der Waals surface area contributed by atoms with Crippen molar-refractivity contribution in [2.24, 2.45) is 16.6 Å². The minimum absolute atomic E-state index is 0.225. The van der Waals surface area contributed by atoms with Crippen molar-refractivity contribution in [3.8, 4) is 0 Å². The Labute approximate surface area is 91.7 Å².